The maximum absolute atomic E-state index is 12.8. The molecular formula is C22H21N5O3. The highest BCUT2D eigenvalue weighted by Crippen LogP contribution is 2.38. The topological polar surface area (TPSA) is 95.5 Å². The number of hydrogen-bond donors (Lipinski definition) is 1. The molecule has 0 unspecified atom stereocenters. The number of amides is 3. The van der Waals surface area contributed by atoms with E-state index in [0.29, 0.717) is 30.1 Å². The van der Waals surface area contributed by atoms with Crippen LogP contribution in [0.4, 0.5) is 5.82 Å². The van der Waals surface area contributed by atoms with Gasteiger partial charge in [-0.05, 0) is 37.8 Å². The minimum Gasteiger partial charge on any atom is -0.357 e. The summed E-state index contributed by atoms with van der Waals surface area (Å²) in [5.41, 5.74) is 2.62. The van der Waals surface area contributed by atoms with E-state index in [0.717, 1.165) is 30.5 Å². The van der Waals surface area contributed by atoms with E-state index < -0.39 is 0 Å². The molecular weight excluding hydrogens is 382 g/mol. The summed E-state index contributed by atoms with van der Waals surface area (Å²) in [6.45, 7) is 0.570. The predicted molar refractivity (Wildman–Crippen MR) is 109 cm³/mol. The Labute approximate surface area is 173 Å². The molecule has 1 aromatic carbocycles. The number of imide groups is 1. The molecule has 1 aromatic heterocycles. The third kappa shape index (κ3) is 3.34. The van der Waals surface area contributed by atoms with Crippen molar-refractivity contribution in [2.24, 2.45) is 0 Å². The van der Waals surface area contributed by atoms with Crippen molar-refractivity contribution in [2.45, 2.75) is 31.7 Å². The van der Waals surface area contributed by atoms with Crippen LogP contribution in [0.15, 0.2) is 53.7 Å². The van der Waals surface area contributed by atoms with Crippen molar-refractivity contribution in [1.82, 2.24) is 20.0 Å². The Morgan fingerprint density at radius 3 is 2.53 bits per heavy atom. The fourth-order valence-electron chi connectivity index (χ4n) is 4.03. The van der Waals surface area contributed by atoms with E-state index in [1.807, 2.05) is 30.3 Å². The van der Waals surface area contributed by atoms with Crippen LogP contribution < -0.4 is 5.32 Å². The molecule has 0 spiro atoms. The molecule has 3 aliphatic rings. The van der Waals surface area contributed by atoms with Crippen molar-refractivity contribution in [3.63, 3.8) is 0 Å². The van der Waals surface area contributed by atoms with Gasteiger partial charge in [0.2, 0.25) is 5.91 Å². The van der Waals surface area contributed by atoms with E-state index >= 15 is 0 Å². The Hall–Kier alpha value is -3.55. The maximum Gasteiger partial charge on any atom is 0.277 e. The lowest BCUT2D eigenvalue weighted by Crippen LogP contribution is -2.40. The zero-order valence-corrected chi connectivity index (χ0v) is 16.4. The van der Waals surface area contributed by atoms with Gasteiger partial charge in [0, 0.05) is 23.7 Å². The quantitative estimate of drug-likeness (QED) is 0.767. The number of anilines is 1. The predicted octanol–water partition coefficient (Wildman–Crippen LogP) is 1.96. The largest absolute Gasteiger partial charge is 0.357 e. The van der Waals surface area contributed by atoms with Crippen molar-refractivity contribution in [3.05, 3.63) is 53.7 Å². The average molecular weight is 403 g/mol. The molecule has 1 N–H and O–H groups in total. The van der Waals surface area contributed by atoms with Gasteiger partial charge in [-0.25, -0.2) is 0 Å². The molecule has 3 amide bonds. The van der Waals surface area contributed by atoms with E-state index in [-0.39, 0.29) is 30.3 Å². The van der Waals surface area contributed by atoms with Crippen molar-refractivity contribution in [3.8, 4) is 11.3 Å². The van der Waals surface area contributed by atoms with E-state index in [1.54, 1.807) is 17.0 Å². The Morgan fingerprint density at radius 2 is 1.83 bits per heavy atom. The number of benzene rings is 1. The van der Waals surface area contributed by atoms with Crippen LogP contribution >= 0.6 is 0 Å². The first-order valence-electron chi connectivity index (χ1n) is 10.2. The lowest BCUT2D eigenvalue weighted by molar-refractivity contribution is -0.138. The van der Waals surface area contributed by atoms with Gasteiger partial charge in [0.1, 0.15) is 5.70 Å². The van der Waals surface area contributed by atoms with Gasteiger partial charge in [-0.3, -0.25) is 19.3 Å². The molecule has 30 heavy (non-hydrogen) atoms. The minimum absolute atomic E-state index is 0.00151. The molecule has 152 valence electrons. The first-order chi connectivity index (χ1) is 14.6. The second-order valence-electron chi connectivity index (χ2n) is 7.78. The van der Waals surface area contributed by atoms with E-state index in [9.17, 15) is 14.4 Å². The van der Waals surface area contributed by atoms with Crippen LogP contribution in [-0.4, -0.2) is 56.9 Å². The summed E-state index contributed by atoms with van der Waals surface area (Å²) in [4.78, 5) is 41.1. The van der Waals surface area contributed by atoms with Gasteiger partial charge in [-0.15, -0.1) is 10.2 Å². The molecule has 0 bridgehead atoms. The van der Waals surface area contributed by atoms with E-state index in [4.69, 9.17) is 0 Å². The third-order valence-electron chi connectivity index (χ3n) is 5.60. The highest BCUT2D eigenvalue weighted by molar-refractivity contribution is 6.19. The van der Waals surface area contributed by atoms with Crippen LogP contribution in [-0.2, 0) is 14.4 Å². The van der Waals surface area contributed by atoms with Crippen LogP contribution in [0.5, 0.6) is 0 Å². The summed E-state index contributed by atoms with van der Waals surface area (Å²) in [5, 5.41) is 11.0. The molecule has 1 fully saturated rings. The van der Waals surface area contributed by atoms with Crippen molar-refractivity contribution in [2.75, 3.05) is 18.4 Å². The molecule has 0 atom stereocenters. The lowest BCUT2D eigenvalue weighted by Gasteiger charge is -2.28. The monoisotopic (exact) mass is 403 g/mol. The molecule has 2 aromatic rings. The van der Waals surface area contributed by atoms with Crippen LogP contribution in [0.3, 0.4) is 0 Å². The van der Waals surface area contributed by atoms with Crippen molar-refractivity contribution in [1.29, 1.82) is 0 Å². The summed E-state index contributed by atoms with van der Waals surface area (Å²) in [5.74, 6) is -0.378. The standard InChI is InChI=1S/C22H21N5O3/c28-19(23-18-11-10-17(24-25-18)14-5-2-1-3-6-14)13-26-12-4-7-16-20(26)22(30)27(21(16)29)15-8-9-15/h1-3,5-6,10-11,15H,4,7-9,12-13H2,(H,23,25,28). The number of aromatic nitrogens is 2. The zero-order chi connectivity index (χ0) is 20.7. The molecule has 8 nitrogen and oxygen atoms in total. The SMILES string of the molecule is O=C(CN1CCCC2=C1C(=O)N(C1CC1)C2=O)Nc1ccc(-c2ccccc2)nn1. The van der Waals surface area contributed by atoms with Gasteiger partial charge in [0.25, 0.3) is 11.8 Å². The number of carbonyl (C=O) groups is 3. The molecule has 1 saturated carbocycles. The van der Waals surface area contributed by atoms with Crippen LogP contribution in [0.25, 0.3) is 11.3 Å². The fourth-order valence-corrected chi connectivity index (χ4v) is 4.03. The summed E-state index contributed by atoms with van der Waals surface area (Å²) in [6.07, 6.45) is 3.08. The van der Waals surface area contributed by atoms with E-state index in [2.05, 4.69) is 15.5 Å². The van der Waals surface area contributed by atoms with Gasteiger partial charge in [0.05, 0.1) is 12.2 Å². The number of hydrogen-bond acceptors (Lipinski definition) is 6. The summed E-state index contributed by atoms with van der Waals surface area (Å²) < 4.78 is 0. The third-order valence-corrected chi connectivity index (χ3v) is 5.60. The lowest BCUT2D eigenvalue weighted by atomic mass is 10.0. The van der Waals surface area contributed by atoms with Crippen molar-refractivity contribution < 1.29 is 14.4 Å². The Morgan fingerprint density at radius 1 is 1.03 bits per heavy atom. The van der Waals surface area contributed by atoms with E-state index in [1.165, 1.54) is 4.90 Å². The fraction of sp³-hybridized carbons (Fsp3) is 0.318. The Balaban J connectivity index is 1.26. The van der Waals surface area contributed by atoms with Crippen LogP contribution in [0.1, 0.15) is 25.7 Å². The molecule has 0 saturated heterocycles. The van der Waals surface area contributed by atoms with Crippen LogP contribution in [0.2, 0.25) is 0 Å². The zero-order valence-electron chi connectivity index (χ0n) is 16.4. The smallest absolute Gasteiger partial charge is 0.277 e. The molecule has 0 radical (unpaired) electrons. The number of nitrogens with one attached hydrogen (secondary N) is 1. The normalized spacial score (nSPS) is 18.7. The van der Waals surface area contributed by atoms with Crippen molar-refractivity contribution >= 4 is 23.5 Å². The highest BCUT2D eigenvalue weighted by atomic mass is 16.2. The van der Waals surface area contributed by atoms with Gasteiger partial charge in [0.15, 0.2) is 5.82 Å². The summed E-state index contributed by atoms with van der Waals surface area (Å²) in [7, 11) is 0. The summed E-state index contributed by atoms with van der Waals surface area (Å²) >= 11 is 0. The number of rotatable bonds is 5. The highest BCUT2D eigenvalue weighted by Gasteiger charge is 2.48. The van der Waals surface area contributed by atoms with Crippen LogP contribution in [0, 0.1) is 0 Å². The average Bonchev–Trinajstić information content (AvgIpc) is 3.56. The minimum atomic E-state index is -0.296. The Kier molecular flexibility index (Phi) is 4.54. The first kappa shape index (κ1) is 18.5. The van der Waals surface area contributed by atoms with Gasteiger partial charge < -0.3 is 10.2 Å². The molecule has 3 heterocycles. The molecule has 8 heteroatoms. The molecule has 5 rings (SSSR count). The second-order valence-corrected chi connectivity index (χ2v) is 7.78. The molecule has 2 aliphatic heterocycles. The van der Waals surface area contributed by atoms with Gasteiger partial charge in [-0.1, -0.05) is 30.3 Å². The first-order valence-corrected chi connectivity index (χ1v) is 10.2. The second kappa shape index (κ2) is 7.37. The van der Waals surface area contributed by atoms with Gasteiger partial charge >= 0.3 is 0 Å². The summed E-state index contributed by atoms with van der Waals surface area (Å²) in [6, 6.07) is 13.2. The van der Waals surface area contributed by atoms with Gasteiger partial charge in [-0.2, -0.15) is 0 Å². The molecule has 1 aliphatic carbocycles. The number of nitrogens with zero attached hydrogens (tertiary/aromatic N) is 4. The number of carbonyl (C=O) groups excluding carboxylic acids is 3. The Bertz CT molecular complexity index is 1040. The maximum atomic E-state index is 12.8.